The van der Waals surface area contributed by atoms with E-state index in [2.05, 4.69) is 10.3 Å². The van der Waals surface area contributed by atoms with Gasteiger partial charge < -0.3 is 15.0 Å². The highest BCUT2D eigenvalue weighted by Gasteiger charge is 2.10. The molecular weight excluding hydrogens is 298 g/mol. The van der Waals surface area contributed by atoms with Crippen molar-refractivity contribution < 1.29 is 9.90 Å². The minimum atomic E-state index is -0.649. The number of benzene rings is 1. The van der Waals surface area contributed by atoms with Gasteiger partial charge in [0.2, 0.25) is 5.91 Å². The maximum atomic E-state index is 11.9. The summed E-state index contributed by atoms with van der Waals surface area (Å²) in [6, 6.07) is 9.69. The molecule has 3 aromatic rings. The molecule has 0 saturated carbocycles. The average molecular weight is 315 g/mol. The number of fused-ring (bicyclic) bond motifs is 1. The van der Waals surface area contributed by atoms with E-state index in [1.54, 1.807) is 6.33 Å². The highest BCUT2D eigenvalue weighted by atomic mass is 32.1. The molecule has 0 spiro atoms. The largest absolute Gasteiger partial charge is 0.387 e. The third kappa shape index (κ3) is 3.35. The monoisotopic (exact) mass is 315 g/mol. The average Bonchev–Trinajstić information content (AvgIpc) is 3.20. The molecule has 114 valence electrons. The summed E-state index contributed by atoms with van der Waals surface area (Å²) >= 11 is 1.53. The molecule has 2 N–H and O–H groups in total. The summed E-state index contributed by atoms with van der Waals surface area (Å²) in [4.78, 5) is 16.2. The molecule has 0 aliphatic rings. The van der Waals surface area contributed by atoms with Crippen molar-refractivity contribution in [3.63, 3.8) is 0 Å². The van der Waals surface area contributed by atoms with Gasteiger partial charge in [-0.25, -0.2) is 4.98 Å². The second-order valence-corrected chi connectivity index (χ2v) is 5.83. The van der Waals surface area contributed by atoms with E-state index in [1.165, 1.54) is 11.3 Å². The van der Waals surface area contributed by atoms with E-state index < -0.39 is 6.10 Å². The van der Waals surface area contributed by atoms with E-state index in [4.69, 9.17) is 0 Å². The van der Waals surface area contributed by atoms with Crippen LogP contribution in [0, 0.1) is 0 Å². The number of imidazole rings is 1. The number of hydrogen-bond donors (Lipinski definition) is 2. The summed E-state index contributed by atoms with van der Waals surface area (Å²) < 4.78 is 1.96. The van der Waals surface area contributed by atoms with Crippen LogP contribution in [0.3, 0.4) is 0 Å². The third-order valence-electron chi connectivity index (χ3n) is 3.53. The van der Waals surface area contributed by atoms with Crippen LogP contribution in [-0.4, -0.2) is 27.1 Å². The molecule has 1 aromatic carbocycles. The summed E-state index contributed by atoms with van der Waals surface area (Å²) in [6.07, 6.45) is 1.46. The molecule has 6 heteroatoms. The Bertz CT molecular complexity index is 752. The molecule has 0 aliphatic heterocycles. The number of amides is 1. The second kappa shape index (κ2) is 6.72. The van der Waals surface area contributed by atoms with Crippen molar-refractivity contribution in [2.75, 3.05) is 6.54 Å². The molecule has 1 atom stereocenters. The van der Waals surface area contributed by atoms with E-state index in [-0.39, 0.29) is 12.5 Å². The molecule has 1 amide bonds. The van der Waals surface area contributed by atoms with Crippen molar-refractivity contribution in [3.05, 3.63) is 53.0 Å². The number of aliphatic hydroxyl groups excluding tert-OH is 1. The molecular formula is C16H17N3O2S. The van der Waals surface area contributed by atoms with Gasteiger partial charge in [-0.2, -0.15) is 11.3 Å². The highest BCUT2D eigenvalue weighted by Crippen LogP contribution is 2.15. The van der Waals surface area contributed by atoms with Crippen molar-refractivity contribution >= 4 is 28.3 Å². The highest BCUT2D eigenvalue weighted by molar-refractivity contribution is 7.07. The van der Waals surface area contributed by atoms with Crippen LogP contribution in [0.1, 0.15) is 18.1 Å². The van der Waals surface area contributed by atoms with Gasteiger partial charge in [-0.1, -0.05) is 12.1 Å². The second-order valence-electron chi connectivity index (χ2n) is 5.05. The maximum absolute atomic E-state index is 11.9. The smallest absolute Gasteiger partial charge is 0.221 e. The van der Waals surface area contributed by atoms with E-state index in [1.807, 2.05) is 45.7 Å². The number of para-hydroxylation sites is 2. The zero-order chi connectivity index (χ0) is 15.4. The van der Waals surface area contributed by atoms with Crippen molar-refractivity contribution in [2.45, 2.75) is 19.1 Å². The summed E-state index contributed by atoms with van der Waals surface area (Å²) in [5, 5.41) is 16.5. The first-order chi connectivity index (χ1) is 10.7. The number of nitrogens with zero attached hydrogens (tertiary/aromatic N) is 2. The van der Waals surface area contributed by atoms with Gasteiger partial charge in [-0.15, -0.1) is 0 Å². The molecule has 0 radical (unpaired) electrons. The van der Waals surface area contributed by atoms with Crippen LogP contribution in [0.5, 0.6) is 0 Å². The van der Waals surface area contributed by atoms with Gasteiger partial charge in [0.25, 0.3) is 0 Å². The Hall–Kier alpha value is -2.18. The minimum absolute atomic E-state index is 0.0768. The Morgan fingerprint density at radius 2 is 2.23 bits per heavy atom. The minimum Gasteiger partial charge on any atom is -0.387 e. The van der Waals surface area contributed by atoms with Crippen LogP contribution in [0.4, 0.5) is 0 Å². The van der Waals surface area contributed by atoms with E-state index in [9.17, 15) is 9.90 Å². The van der Waals surface area contributed by atoms with E-state index in [0.29, 0.717) is 13.0 Å². The molecule has 0 fully saturated rings. The lowest BCUT2D eigenvalue weighted by molar-refractivity contribution is -0.121. The molecule has 2 heterocycles. The van der Waals surface area contributed by atoms with Gasteiger partial charge in [0.05, 0.1) is 23.5 Å². The topological polar surface area (TPSA) is 67.2 Å². The van der Waals surface area contributed by atoms with E-state index in [0.717, 1.165) is 16.6 Å². The fraction of sp³-hybridized carbons (Fsp3) is 0.250. The predicted octanol–water partition coefficient (Wildman–Crippen LogP) is 2.34. The third-order valence-corrected chi connectivity index (χ3v) is 4.23. The standard InChI is InChI=1S/C16H17N3O2S/c20-15(12-6-8-22-10-12)9-17-16(21)5-7-19-11-18-13-3-1-2-4-14(13)19/h1-4,6,8,10-11,15,20H,5,7,9H2,(H,17,21)/t15-/m1/s1. The quantitative estimate of drug-likeness (QED) is 0.734. The number of carbonyl (C=O) groups is 1. The van der Waals surface area contributed by atoms with Crippen molar-refractivity contribution in [1.29, 1.82) is 0 Å². The molecule has 0 unspecified atom stereocenters. The molecule has 3 rings (SSSR count). The van der Waals surface area contributed by atoms with Crippen LogP contribution >= 0.6 is 11.3 Å². The van der Waals surface area contributed by atoms with Crippen molar-refractivity contribution in [2.24, 2.45) is 0 Å². The summed E-state index contributed by atoms with van der Waals surface area (Å²) in [6.45, 7) is 0.807. The summed E-state index contributed by atoms with van der Waals surface area (Å²) in [7, 11) is 0. The summed E-state index contributed by atoms with van der Waals surface area (Å²) in [5.74, 6) is -0.0768. The fourth-order valence-electron chi connectivity index (χ4n) is 2.29. The lowest BCUT2D eigenvalue weighted by Gasteiger charge is -2.11. The Morgan fingerprint density at radius 1 is 1.36 bits per heavy atom. The number of nitrogens with one attached hydrogen (secondary N) is 1. The SMILES string of the molecule is O=C(CCn1cnc2ccccc21)NC[C@@H](O)c1ccsc1. The molecule has 0 aliphatic carbocycles. The Kier molecular flexibility index (Phi) is 4.50. The van der Waals surface area contributed by atoms with Crippen LogP contribution in [-0.2, 0) is 11.3 Å². The Labute approximate surface area is 132 Å². The van der Waals surface area contributed by atoms with Gasteiger partial charge in [0.15, 0.2) is 0 Å². The van der Waals surface area contributed by atoms with Crippen LogP contribution < -0.4 is 5.32 Å². The number of hydrogen-bond acceptors (Lipinski definition) is 4. The number of thiophene rings is 1. The van der Waals surface area contributed by atoms with Gasteiger partial charge in [-0.05, 0) is 34.5 Å². The van der Waals surface area contributed by atoms with Crippen LogP contribution in [0.25, 0.3) is 11.0 Å². The van der Waals surface area contributed by atoms with E-state index >= 15 is 0 Å². The number of carbonyl (C=O) groups excluding carboxylic acids is 1. The first-order valence-electron chi connectivity index (χ1n) is 7.11. The van der Waals surface area contributed by atoms with Gasteiger partial charge in [0.1, 0.15) is 0 Å². The zero-order valence-corrected chi connectivity index (χ0v) is 12.8. The van der Waals surface area contributed by atoms with Gasteiger partial charge in [-0.3, -0.25) is 4.79 Å². The Morgan fingerprint density at radius 3 is 3.05 bits per heavy atom. The predicted molar refractivity (Wildman–Crippen MR) is 86.6 cm³/mol. The van der Waals surface area contributed by atoms with Crippen LogP contribution in [0.15, 0.2) is 47.4 Å². The first kappa shape index (κ1) is 14.7. The fourth-order valence-corrected chi connectivity index (χ4v) is 3.00. The van der Waals surface area contributed by atoms with Crippen molar-refractivity contribution in [3.8, 4) is 0 Å². The summed E-state index contributed by atoms with van der Waals surface area (Å²) in [5.41, 5.74) is 2.79. The first-order valence-corrected chi connectivity index (χ1v) is 8.05. The lowest BCUT2D eigenvalue weighted by Crippen LogP contribution is -2.28. The number of aryl methyl sites for hydroxylation is 1. The van der Waals surface area contributed by atoms with Crippen molar-refractivity contribution in [1.82, 2.24) is 14.9 Å². The number of aromatic nitrogens is 2. The molecule has 22 heavy (non-hydrogen) atoms. The normalized spacial score (nSPS) is 12.4. The lowest BCUT2D eigenvalue weighted by atomic mass is 10.2. The van der Waals surface area contributed by atoms with Gasteiger partial charge in [0, 0.05) is 19.5 Å². The number of rotatable bonds is 6. The molecule has 5 nitrogen and oxygen atoms in total. The van der Waals surface area contributed by atoms with Gasteiger partial charge >= 0.3 is 0 Å². The van der Waals surface area contributed by atoms with Crippen LogP contribution in [0.2, 0.25) is 0 Å². The Balaban J connectivity index is 1.50. The molecule has 2 aromatic heterocycles. The maximum Gasteiger partial charge on any atom is 0.221 e. The zero-order valence-electron chi connectivity index (χ0n) is 12.0. The number of aliphatic hydroxyl groups is 1. The molecule has 0 bridgehead atoms. The molecule has 0 saturated heterocycles.